The average Bonchev–Trinajstić information content (AvgIpc) is 2.48. The summed E-state index contributed by atoms with van der Waals surface area (Å²) < 4.78 is 0. The fourth-order valence-corrected chi connectivity index (χ4v) is 2.19. The molecule has 0 saturated heterocycles. The highest BCUT2D eigenvalue weighted by Crippen LogP contribution is 2.29. The predicted molar refractivity (Wildman–Crippen MR) is 80.5 cm³/mol. The predicted octanol–water partition coefficient (Wildman–Crippen LogP) is 4.02. The molecule has 0 radical (unpaired) electrons. The topological polar surface area (TPSA) is 56.0 Å². The Bertz CT molecular complexity index is 599. The van der Waals surface area contributed by atoms with Gasteiger partial charge in [0.1, 0.15) is 5.75 Å². The number of nitriles is 1. The summed E-state index contributed by atoms with van der Waals surface area (Å²) >= 11 is 0. The molecule has 0 amide bonds. The number of nitrogens with zero attached hydrogens (tertiary/aromatic N) is 1. The van der Waals surface area contributed by atoms with E-state index in [9.17, 15) is 5.11 Å². The van der Waals surface area contributed by atoms with Gasteiger partial charge < -0.3 is 10.4 Å². The van der Waals surface area contributed by atoms with E-state index < -0.39 is 0 Å². The Hall–Kier alpha value is -2.47. The van der Waals surface area contributed by atoms with Gasteiger partial charge in [-0.15, -0.1) is 0 Å². The number of anilines is 1. The maximum atomic E-state index is 9.93. The van der Waals surface area contributed by atoms with E-state index in [-0.39, 0.29) is 6.04 Å². The molecule has 0 aromatic heterocycles. The summed E-state index contributed by atoms with van der Waals surface area (Å²) in [7, 11) is 0. The molecule has 0 aliphatic carbocycles. The largest absolute Gasteiger partial charge is 0.508 e. The van der Waals surface area contributed by atoms with Gasteiger partial charge in [-0.2, -0.15) is 5.26 Å². The van der Waals surface area contributed by atoms with Crippen LogP contribution in [0.1, 0.15) is 30.5 Å². The summed E-state index contributed by atoms with van der Waals surface area (Å²) in [5, 5.41) is 22.0. The number of hydrogen-bond donors (Lipinski definition) is 2. The van der Waals surface area contributed by atoms with Gasteiger partial charge in [0.2, 0.25) is 0 Å². The highest BCUT2D eigenvalue weighted by Gasteiger charge is 2.12. The zero-order valence-corrected chi connectivity index (χ0v) is 11.5. The van der Waals surface area contributed by atoms with Crippen molar-refractivity contribution < 1.29 is 5.11 Å². The van der Waals surface area contributed by atoms with E-state index in [1.54, 1.807) is 6.07 Å². The molecule has 2 rings (SSSR count). The molecule has 1 unspecified atom stereocenters. The molecule has 0 fully saturated rings. The molecule has 3 heteroatoms. The summed E-state index contributed by atoms with van der Waals surface area (Å²) in [5.41, 5.74) is 2.89. The lowest BCUT2D eigenvalue weighted by Crippen LogP contribution is -2.09. The summed E-state index contributed by atoms with van der Waals surface area (Å²) in [6, 6.07) is 17.4. The van der Waals surface area contributed by atoms with Crippen molar-refractivity contribution in [1.29, 1.82) is 5.26 Å². The van der Waals surface area contributed by atoms with Crippen LogP contribution in [0.5, 0.6) is 5.75 Å². The molecule has 1 atom stereocenters. The van der Waals surface area contributed by atoms with Crippen molar-refractivity contribution >= 4 is 5.69 Å². The van der Waals surface area contributed by atoms with Gasteiger partial charge in [-0.05, 0) is 30.2 Å². The zero-order chi connectivity index (χ0) is 14.4. The standard InChI is InChI=1S/C17H18N2O/c1-2-16(15-5-3-4-6-17(15)20)19-14-9-7-13(8-10-14)11-12-18/h3-10,16,19-20H,2,11H2,1H3. The van der Waals surface area contributed by atoms with Gasteiger partial charge in [0.25, 0.3) is 0 Å². The molecular formula is C17H18N2O. The fourth-order valence-electron chi connectivity index (χ4n) is 2.19. The third kappa shape index (κ3) is 3.30. The molecule has 0 aliphatic rings. The van der Waals surface area contributed by atoms with Crippen molar-refractivity contribution in [2.45, 2.75) is 25.8 Å². The summed E-state index contributed by atoms with van der Waals surface area (Å²) in [4.78, 5) is 0. The number of rotatable bonds is 5. The first-order valence-electron chi connectivity index (χ1n) is 6.75. The minimum absolute atomic E-state index is 0.0676. The van der Waals surface area contributed by atoms with E-state index in [0.717, 1.165) is 23.2 Å². The Morgan fingerprint density at radius 3 is 2.45 bits per heavy atom. The van der Waals surface area contributed by atoms with E-state index in [4.69, 9.17) is 5.26 Å². The molecule has 2 N–H and O–H groups in total. The first-order chi connectivity index (χ1) is 9.74. The van der Waals surface area contributed by atoms with Crippen LogP contribution in [0.25, 0.3) is 0 Å². The highest BCUT2D eigenvalue weighted by molar-refractivity contribution is 5.48. The van der Waals surface area contributed by atoms with Crippen molar-refractivity contribution in [1.82, 2.24) is 0 Å². The second-order valence-corrected chi connectivity index (χ2v) is 4.70. The number of phenolic OH excluding ortho intramolecular Hbond substituents is 1. The maximum Gasteiger partial charge on any atom is 0.120 e. The second-order valence-electron chi connectivity index (χ2n) is 4.70. The third-order valence-corrected chi connectivity index (χ3v) is 3.30. The van der Waals surface area contributed by atoms with Crippen LogP contribution in [0.4, 0.5) is 5.69 Å². The molecule has 2 aromatic carbocycles. The van der Waals surface area contributed by atoms with Gasteiger partial charge in [0.15, 0.2) is 0 Å². The quantitative estimate of drug-likeness (QED) is 0.859. The van der Waals surface area contributed by atoms with E-state index in [0.29, 0.717) is 12.2 Å². The van der Waals surface area contributed by atoms with E-state index in [1.165, 1.54) is 0 Å². The molecule has 3 nitrogen and oxygen atoms in total. The Morgan fingerprint density at radius 2 is 1.85 bits per heavy atom. The van der Waals surface area contributed by atoms with Crippen LogP contribution in [-0.2, 0) is 6.42 Å². The van der Waals surface area contributed by atoms with Gasteiger partial charge >= 0.3 is 0 Å². The van der Waals surface area contributed by atoms with Gasteiger partial charge in [0.05, 0.1) is 18.5 Å². The molecule has 102 valence electrons. The van der Waals surface area contributed by atoms with Crippen LogP contribution in [-0.4, -0.2) is 5.11 Å². The third-order valence-electron chi connectivity index (χ3n) is 3.30. The van der Waals surface area contributed by atoms with E-state index >= 15 is 0 Å². The monoisotopic (exact) mass is 266 g/mol. The lowest BCUT2D eigenvalue weighted by molar-refractivity contribution is 0.463. The van der Waals surface area contributed by atoms with Gasteiger partial charge in [0, 0.05) is 11.3 Å². The first-order valence-corrected chi connectivity index (χ1v) is 6.75. The van der Waals surface area contributed by atoms with Crippen molar-refractivity contribution in [3.63, 3.8) is 0 Å². The molecule has 0 saturated carbocycles. The van der Waals surface area contributed by atoms with E-state index in [1.807, 2.05) is 42.5 Å². The Kier molecular flexibility index (Phi) is 4.62. The highest BCUT2D eigenvalue weighted by atomic mass is 16.3. The second kappa shape index (κ2) is 6.63. The van der Waals surface area contributed by atoms with Gasteiger partial charge in [-0.25, -0.2) is 0 Å². The van der Waals surface area contributed by atoms with Crippen molar-refractivity contribution in [3.8, 4) is 11.8 Å². The minimum Gasteiger partial charge on any atom is -0.508 e. The average molecular weight is 266 g/mol. The van der Waals surface area contributed by atoms with Gasteiger partial charge in [-0.1, -0.05) is 37.3 Å². The number of aromatic hydroxyl groups is 1. The van der Waals surface area contributed by atoms with Crippen molar-refractivity contribution in [2.24, 2.45) is 0 Å². The number of phenols is 1. The van der Waals surface area contributed by atoms with Crippen LogP contribution in [0.3, 0.4) is 0 Å². The molecular weight excluding hydrogens is 248 g/mol. The number of hydrogen-bond acceptors (Lipinski definition) is 3. The molecule has 20 heavy (non-hydrogen) atoms. The number of para-hydroxylation sites is 1. The smallest absolute Gasteiger partial charge is 0.120 e. The van der Waals surface area contributed by atoms with Crippen LogP contribution in [0.15, 0.2) is 48.5 Å². The van der Waals surface area contributed by atoms with Crippen molar-refractivity contribution in [3.05, 3.63) is 59.7 Å². The molecule has 2 aromatic rings. The Morgan fingerprint density at radius 1 is 1.15 bits per heavy atom. The van der Waals surface area contributed by atoms with Gasteiger partial charge in [-0.3, -0.25) is 0 Å². The minimum atomic E-state index is 0.0676. The Labute approximate surface area is 119 Å². The molecule has 0 aliphatic heterocycles. The van der Waals surface area contributed by atoms with Crippen LogP contribution in [0, 0.1) is 11.3 Å². The number of benzene rings is 2. The summed E-state index contributed by atoms with van der Waals surface area (Å²) in [6.07, 6.45) is 1.30. The summed E-state index contributed by atoms with van der Waals surface area (Å²) in [5.74, 6) is 0.313. The summed E-state index contributed by atoms with van der Waals surface area (Å²) in [6.45, 7) is 2.08. The normalized spacial score (nSPS) is 11.6. The van der Waals surface area contributed by atoms with Crippen molar-refractivity contribution in [2.75, 3.05) is 5.32 Å². The Balaban J connectivity index is 2.14. The van der Waals surface area contributed by atoms with Crippen LogP contribution in [0.2, 0.25) is 0 Å². The number of nitrogens with one attached hydrogen (secondary N) is 1. The van der Waals surface area contributed by atoms with E-state index in [2.05, 4.69) is 18.3 Å². The molecule has 0 spiro atoms. The first kappa shape index (κ1) is 14.0. The van der Waals surface area contributed by atoms with Crippen LogP contribution >= 0.6 is 0 Å². The lowest BCUT2D eigenvalue weighted by Gasteiger charge is -2.20. The SMILES string of the molecule is CCC(Nc1ccc(CC#N)cc1)c1ccccc1O. The fraction of sp³-hybridized carbons (Fsp3) is 0.235. The maximum absolute atomic E-state index is 9.93. The zero-order valence-electron chi connectivity index (χ0n) is 11.5. The molecule has 0 heterocycles. The lowest BCUT2D eigenvalue weighted by atomic mass is 10.0. The van der Waals surface area contributed by atoms with Crippen LogP contribution < -0.4 is 5.32 Å². The molecule has 0 bridgehead atoms.